The number of pyridine rings is 1. The highest BCUT2D eigenvalue weighted by Gasteiger charge is 2.23. The molecule has 0 aliphatic carbocycles. The Morgan fingerprint density at radius 1 is 1.04 bits per heavy atom. The van der Waals surface area contributed by atoms with Gasteiger partial charge in [-0.25, -0.2) is 4.98 Å². The van der Waals surface area contributed by atoms with Crippen LogP contribution >= 0.6 is 0 Å². The van der Waals surface area contributed by atoms with E-state index >= 15 is 0 Å². The topological polar surface area (TPSA) is 65.5 Å². The summed E-state index contributed by atoms with van der Waals surface area (Å²) in [5.41, 5.74) is 3.03. The number of nitrogens with zero attached hydrogens (tertiary/aromatic N) is 3. The fourth-order valence-electron chi connectivity index (χ4n) is 3.16. The number of anilines is 1. The fraction of sp³-hybridized carbons (Fsp3) is 0.381. The second kappa shape index (κ2) is 8.66. The van der Waals surface area contributed by atoms with Crippen molar-refractivity contribution in [2.45, 2.75) is 20.3 Å². The quantitative estimate of drug-likeness (QED) is 0.883. The third-order valence-corrected chi connectivity index (χ3v) is 4.67. The molecular formula is C21H26N4O2. The summed E-state index contributed by atoms with van der Waals surface area (Å²) < 4.78 is 0. The van der Waals surface area contributed by atoms with Gasteiger partial charge < -0.3 is 15.1 Å². The molecule has 1 aliphatic rings. The average molecular weight is 366 g/mol. The van der Waals surface area contributed by atoms with Crippen LogP contribution in [0.4, 0.5) is 5.69 Å². The average Bonchev–Trinajstić information content (AvgIpc) is 2.71. The lowest BCUT2D eigenvalue weighted by Gasteiger charge is -2.36. The molecule has 0 atom stereocenters. The lowest BCUT2D eigenvalue weighted by Crippen LogP contribution is -2.49. The van der Waals surface area contributed by atoms with Gasteiger partial charge in [0, 0.05) is 38.4 Å². The van der Waals surface area contributed by atoms with Crippen LogP contribution in [0.15, 0.2) is 42.5 Å². The van der Waals surface area contributed by atoms with Crippen molar-refractivity contribution in [1.82, 2.24) is 15.2 Å². The molecular weight excluding hydrogens is 340 g/mol. The van der Waals surface area contributed by atoms with E-state index in [0.29, 0.717) is 25.3 Å². The van der Waals surface area contributed by atoms with Crippen molar-refractivity contribution in [2.75, 3.05) is 37.6 Å². The third kappa shape index (κ3) is 4.64. The molecule has 142 valence electrons. The molecule has 2 amide bonds. The molecule has 1 aromatic carbocycles. The van der Waals surface area contributed by atoms with Crippen molar-refractivity contribution < 1.29 is 9.59 Å². The van der Waals surface area contributed by atoms with E-state index in [1.54, 1.807) is 18.2 Å². The molecule has 3 rings (SSSR count). The number of carbonyl (C=O) groups is 2. The molecule has 0 spiro atoms. The van der Waals surface area contributed by atoms with E-state index in [1.165, 1.54) is 11.3 Å². The predicted octanol–water partition coefficient (Wildman–Crippen LogP) is 2.49. The summed E-state index contributed by atoms with van der Waals surface area (Å²) >= 11 is 0. The summed E-state index contributed by atoms with van der Waals surface area (Å²) in [5, 5.41) is 2.79. The summed E-state index contributed by atoms with van der Waals surface area (Å²) in [7, 11) is 0. The van der Waals surface area contributed by atoms with Gasteiger partial charge in [0.05, 0.1) is 0 Å². The number of carbonyl (C=O) groups excluding carboxylic acids is 2. The standard InChI is InChI=1S/C21H26N4O2/c1-3-10-22-20(26)18-8-5-9-19(23-18)21(27)25-13-11-24(12-14-25)17-7-4-6-16(2)15-17/h4-9,15H,3,10-14H2,1-2H3,(H,22,26). The smallest absolute Gasteiger partial charge is 0.272 e. The van der Waals surface area contributed by atoms with Gasteiger partial charge in [-0.1, -0.05) is 25.1 Å². The van der Waals surface area contributed by atoms with E-state index in [4.69, 9.17) is 0 Å². The van der Waals surface area contributed by atoms with E-state index in [0.717, 1.165) is 19.5 Å². The molecule has 0 saturated carbocycles. The van der Waals surface area contributed by atoms with Crippen LogP contribution < -0.4 is 10.2 Å². The van der Waals surface area contributed by atoms with Crippen LogP contribution in [0.3, 0.4) is 0 Å². The van der Waals surface area contributed by atoms with Gasteiger partial charge in [0.25, 0.3) is 11.8 Å². The van der Waals surface area contributed by atoms with Crippen LogP contribution in [-0.2, 0) is 0 Å². The summed E-state index contributed by atoms with van der Waals surface area (Å²) in [6.07, 6.45) is 0.857. The van der Waals surface area contributed by atoms with E-state index in [-0.39, 0.29) is 17.5 Å². The molecule has 1 N–H and O–H groups in total. The van der Waals surface area contributed by atoms with Gasteiger partial charge in [-0.2, -0.15) is 0 Å². The van der Waals surface area contributed by atoms with Gasteiger partial charge in [-0.05, 0) is 43.2 Å². The van der Waals surface area contributed by atoms with Crippen LogP contribution in [0.1, 0.15) is 39.9 Å². The Kier molecular flexibility index (Phi) is 6.06. The number of hydrogen-bond donors (Lipinski definition) is 1. The van der Waals surface area contributed by atoms with Gasteiger partial charge in [0.2, 0.25) is 0 Å². The molecule has 2 aromatic rings. The maximum absolute atomic E-state index is 12.8. The van der Waals surface area contributed by atoms with Crippen molar-refractivity contribution in [1.29, 1.82) is 0 Å². The zero-order chi connectivity index (χ0) is 19.2. The Bertz CT molecular complexity index is 813. The largest absolute Gasteiger partial charge is 0.368 e. The number of aryl methyl sites for hydroxylation is 1. The van der Waals surface area contributed by atoms with Gasteiger partial charge in [-0.3, -0.25) is 9.59 Å². The number of piperazine rings is 1. The van der Waals surface area contributed by atoms with Crippen molar-refractivity contribution in [3.63, 3.8) is 0 Å². The first-order chi connectivity index (χ1) is 13.1. The van der Waals surface area contributed by atoms with Gasteiger partial charge in [0.1, 0.15) is 11.4 Å². The second-order valence-electron chi connectivity index (χ2n) is 6.78. The summed E-state index contributed by atoms with van der Waals surface area (Å²) in [4.78, 5) is 33.2. The van der Waals surface area contributed by atoms with E-state index < -0.39 is 0 Å². The molecule has 2 heterocycles. The second-order valence-corrected chi connectivity index (χ2v) is 6.78. The van der Waals surface area contributed by atoms with Crippen molar-refractivity contribution in [3.8, 4) is 0 Å². The van der Waals surface area contributed by atoms with Crippen LogP contribution in [0, 0.1) is 6.92 Å². The Morgan fingerprint density at radius 2 is 1.74 bits per heavy atom. The van der Waals surface area contributed by atoms with Crippen LogP contribution in [0.5, 0.6) is 0 Å². The Labute approximate surface area is 160 Å². The van der Waals surface area contributed by atoms with Gasteiger partial charge in [0.15, 0.2) is 0 Å². The number of rotatable bonds is 5. The van der Waals surface area contributed by atoms with Crippen LogP contribution in [0.25, 0.3) is 0 Å². The minimum atomic E-state index is -0.240. The lowest BCUT2D eigenvalue weighted by molar-refractivity contribution is 0.0740. The van der Waals surface area contributed by atoms with Gasteiger partial charge >= 0.3 is 0 Å². The molecule has 27 heavy (non-hydrogen) atoms. The Morgan fingerprint density at radius 3 is 2.44 bits per heavy atom. The predicted molar refractivity (Wildman–Crippen MR) is 106 cm³/mol. The van der Waals surface area contributed by atoms with Crippen LogP contribution in [-0.4, -0.2) is 54.4 Å². The zero-order valence-corrected chi connectivity index (χ0v) is 15.9. The first-order valence-corrected chi connectivity index (χ1v) is 9.44. The third-order valence-electron chi connectivity index (χ3n) is 4.67. The molecule has 1 saturated heterocycles. The number of amides is 2. The summed E-state index contributed by atoms with van der Waals surface area (Å²) in [6.45, 7) is 7.52. The number of benzene rings is 1. The zero-order valence-electron chi connectivity index (χ0n) is 15.9. The van der Waals surface area contributed by atoms with E-state index in [2.05, 4.69) is 46.4 Å². The van der Waals surface area contributed by atoms with E-state index in [9.17, 15) is 9.59 Å². The number of hydrogen-bond acceptors (Lipinski definition) is 4. The van der Waals surface area contributed by atoms with Crippen molar-refractivity contribution in [2.24, 2.45) is 0 Å². The number of nitrogens with one attached hydrogen (secondary N) is 1. The van der Waals surface area contributed by atoms with Crippen molar-refractivity contribution in [3.05, 3.63) is 59.4 Å². The van der Waals surface area contributed by atoms with Crippen LogP contribution in [0.2, 0.25) is 0 Å². The molecule has 1 fully saturated rings. The molecule has 0 radical (unpaired) electrons. The SMILES string of the molecule is CCCNC(=O)c1cccc(C(=O)N2CCN(c3cccc(C)c3)CC2)n1. The number of aromatic nitrogens is 1. The molecule has 6 heteroatoms. The first kappa shape index (κ1) is 18.9. The first-order valence-electron chi connectivity index (χ1n) is 9.44. The highest BCUT2D eigenvalue weighted by Crippen LogP contribution is 2.18. The Hall–Kier alpha value is -2.89. The minimum absolute atomic E-state index is 0.121. The van der Waals surface area contributed by atoms with E-state index in [1.807, 2.05) is 11.8 Å². The normalized spacial score (nSPS) is 14.1. The summed E-state index contributed by atoms with van der Waals surface area (Å²) in [6, 6.07) is 13.4. The maximum atomic E-state index is 12.8. The highest BCUT2D eigenvalue weighted by molar-refractivity contribution is 5.96. The Balaban J connectivity index is 1.63. The highest BCUT2D eigenvalue weighted by atomic mass is 16.2. The molecule has 0 unspecified atom stereocenters. The molecule has 6 nitrogen and oxygen atoms in total. The monoisotopic (exact) mass is 366 g/mol. The maximum Gasteiger partial charge on any atom is 0.272 e. The molecule has 1 aromatic heterocycles. The molecule has 0 bridgehead atoms. The molecule has 1 aliphatic heterocycles. The minimum Gasteiger partial charge on any atom is -0.368 e. The fourth-order valence-corrected chi connectivity index (χ4v) is 3.16. The van der Waals surface area contributed by atoms with Crippen molar-refractivity contribution >= 4 is 17.5 Å². The summed E-state index contributed by atoms with van der Waals surface area (Å²) in [5.74, 6) is -0.361. The van der Waals surface area contributed by atoms with Gasteiger partial charge in [-0.15, -0.1) is 0 Å². The lowest BCUT2D eigenvalue weighted by atomic mass is 10.2.